The maximum Gasteiger partial charge on any atom is 2.00 e. The molecule has 0 spiro atoms. The molecular formula is C8H15Ru+. The Morgan fingerprint density at radius 3 is 2.00 bits per heavy atom. The van der Waals surface area contributed by atoms with Gasteiger partial charge in [-0.05, 0) is 0 Å². The van der Waals surface area contributed by atoms with Gasteiger partial charge in [0.05, 0.1) is 0 Å². The molecule has 9 heavy (non-hydrogen) atoms. The van der Waals surface area contributed by atoms with Crippen molar-refractivity contribution in [2.75, 3.05) is 0 Å². The summed E-state index contributed by atoms with van der Waals surface area (Å²) in [6, 6.07) is 0. The number of rotatable bonds is 1. The number of hydrogen-bond donors (Lipinski definition) is 0. The SMILES string of the molecule is C[CH-]C1CCCCC1.[Ru+2]. The second kappa shape index (κ2) is 5.41. The maximum absolute atomic E-state index is 2.36. The normalized spacial score (nSPS) is 21.0. The van der Waals surface area contributed by atoms with Gasteiger partial charge in [-0.15, -0.1) is 0 Å². The van der Waals surface area contributed by atoms with E-state index in [9.17, 15) is 0 Å². The molecule has 0 saturated heterocycles. The van der Waals surface area contributed by atoms with E-state index in [4.69, 9.17) is 0 Å². The van der Waals surface area contributed by atoms with Gasteiger partial charge in [-0.25, -0.2) is 0 Å². The first-order valence-electron chi connectivity index (χ1n) is 3.73. The molecular weight excluding hydrogens is 197 g/mol. The van der Waals surface area contributed by atoms with Crippen molar-refractivity contribution in [1.29, 1.82) is 0 Å². The average molecular weight is 212 g/mol. The fourth-order valence-electron chi connectivity index (χ4n) is 1.47. The van der Waals surface area contributed by atoms with Crippen LogP contribution in [0.5, 0.6) is 0 Å². The van der Waals surface area contributed by atoms with E-state index in [1.807, 2.05) is 0 Å². The van der Waals surface area contributed by atoms with Crippen LogP contribution in [0.4, 0.5) is 0 Å². The van der Waals surface area contributed by atoms with Crippen LogP contribution >= 0.6 is 0 Å². The molecule has 0 bridgehead atoms. The van der Waals surface area contributed by atoms with Crippen LogP contribution in [0, 0.1) is 12.3 Å². The molecule has 1 aliphatic carbocycles. The fourth-order valence-corrected chi connectivity index (χ4v) is 1.47. The molecule has 1 aliphatic rings. The molecule has 0 atom stereocenters. The minimum Gasteiger partial charge on any atom is -0.328 e. The van der Waals surface area contributed by atoms with E-state index in [2.05, 4.69) is 13.3 Å². The molecule has 0 nitrogen and oxygen atoms in total. The van der Waals surface area contributed by atoms with Crippen LogP contribution in [-0.2, 0) is 19.5 Å². The summed E-state index contributed by atoms with van der Waals surface area (Å²) in [4.78, 5) is 0. The molecule has 0 aromatic heterocycles. The van der Waals surface area contributed by atoms with Crippen molar-refractivity contribution in [1.82, 2.24) is 0 Å². The van der Waals surface area contributed by atoms with E-state index in [0.717, 1.165) is 5.92 Å². The number of hydrogen-bond acceptors (Lipinski definition) is 0. The van der Waals surface area contributed by atoms with Crippen LogP contribution < -0.4 is 0 Å². The average Bonchev–Trinajstić information content (AvgIpc) is 1.90. The zero-order chi connectivity index (χ0) is 5.82. The Labute approximate surface area is 71.2 Å². The largest absolute Gasteiger partial charge is 2.00 e. The Bertz CT molecular complexity index is 55.6. The molecule has 1 heteroatoms. The molecule has 0 aromatic rings. The summed E-state index contributed by atoms with van der Waals surface area (Å²) in [5, 5.41) is 0. The topological polar surface area (TPSA) is 0 Å². The first-order chi connectivity index (χ1) is 3.93. The second-order valence-corrected chi connectivity index (χ2v) is 2.73. The van der Waals surface area contributed by atoms with E-state index in [1.165, 1.54) is 32.1 Å². The summed E-state index contributed by atoms with van der Waals surface area (Å²) in [6.07, 6.45) is 9.68. The Kier molecular flexibility index (Phi) is 5.79. The molecule has 0 radical (unpaired) electrons. The predicted molar refractivity (Wildman–Crippen MR) is 36.5 cm³/mol. The second-order valence-electron chi connectivity index (χ2n) is 2.73. The molecule has 0 unspecified atom stereocenters. The van der Waals surface area contributed by atoms with Crippen LogP contribution in [0.2, 0.25) is 0 Å². The third-order valence-electron chi connectivity index (χ3n) is 2.12. The first-order valence-corrected chi connectivity index (χ1v) is 3.73. The molecule has 0 amide bonds. The summed E-state index contributed by atoms with van der Waals surface area (Å²) in [5.41, 5.74) is 0. The van der Waals surface area contributed by atoms with Crippen molar-refractivity contribution in [3.63, 3.8) is 0 Å². The molecule has 0 aliphatic heterocycles. The molecule has 1 saturated carbocycles. The van der Waals surface area contributed by atoms with Gasteiger partial charge in [0.25, 0.3) is 0 Å². The summed E-state index contributed by atoms with van der Waals surface area (Å²) in [6.45, 7) is 2.19. The zero-order valence-electron chi connectivity index (χ0n) is 6.04. The van der Waals surface area contributed by atoms with E-state index in [-0.39, 0.29) is 19.5 Å². The van der Waals surface area contributed by atoms with Gasteiger partial charge >= 0.3 is 19.5 Å². The smallest absolute Gasteiger partial charge is 0.328 e. The Morgan fingerprint density at radius 1 is 1.11 bits per heavy atom. The summed E-state index contributed by atoms with van der Waals surface area (Å²) in [5.74, 6) is 0.962. The minimum atomic E-state index is 0. The van der Waals surface area contributed by atoms with Gasteiger partial charge in [-0.2, -0.15) is 12.8 Å². The van der Waals surface area contributed by atoms with E-state index in [1.54, 1.807) is 0 Å². The van der Waals surface area contributed by atoms with Gasteiger partial charge in [-0.1, -0.05) is 32.1 Å². The van der Waals surface area contributed by atoms with E-state index < -0.39 is 0 Å². The van der Waals surface area contributed by atoms with Crippen LogP contribution in [0.25, 0.3) is 0 Å². The summed E-state index contributed by atoms with van der Waals surface area (Å²) in [7, 11) is 0. The first kappa shape index (κ1) is 9.62. The van der Waals surface area contributed by atoms with E-state index in [0.29, 0.717) is 0 Å². The predicted octanol–water partition coefficient (Wildman–Crippen LogP) is 2.79. The molecule has 0 heterocycles. The summed E-state index contributed by atoms with van der Waals surface area (Å²) >= 11 is 0. The third-order valence-corrected chi connectivity index (χ3v) is 2.12. The quantitative estimate of drug-likeness (QED) is 0.463. The van der Waals surface area contributed by atoms with Crippen LogP contribution in [-0.4, -0.2) is 0 Å². The Balaban J connectivity index is 0.000000640. The molecule has 1 fully saturated rings. The van der Waals surface area contributed by atoms with Crippen molar-refractivity contribution < 1.29 is 19.5 Å². The van der Waals surface area contributed by atoms with Crippen molar-refractivity contribution in [2.45, 2.75) is 39.0 Å². The standard InChI is InChI=1S/C8H15.Ru/c1-2-8-6-4-3-5-7-8;/h2,8H,3-7H2,1H3;/q-1;+2. The molecule has 54 valence electrons. The summed E-state index contributed by atoms with van der Waals surface area (Å²) < 4.78 is 0. The van der Waals surface area contributed by atoms with Crippen molar-refractivity contribution in [3.8, 4) is 0 Å². The Hall–Kier alpha value is 0.623. The van der Waals surface area contributed by atoms with Crippen molar-refractivity contribution in [2.24, 2.45) is 5.92 Å². The monoisotopic (exact) mass is 213 g/mol. The molecule has 0 N–H and O–H groups in total. The van der Waals surface area contributed by atoms with Gasteiger partial charge < -0.3 is 6.42 Å². The van der Waals surface area contributed by atoms with Gasteiger partial charge in [0.2, 0.25) is 0 Å². The van der Waals surface area contributed by atoms with Crippen molar-refractivity contribution >= 4 is 0 Å². The third kappa shape index (κ3) is 3.35. The van der Waals surface area contributed by atoms with Crippen molar-refractivity contribution in [3.05, 3.63) is 6.42 Å². The fraction of sp³-hybridized carbons (Fsp3) is 0.875. The Morgan fingerprint density at radius 2 is 1.67 bits per heavy atom. The van der Waals surface area contributed by atoms with Gasteiger partial charge in [0.15, 0.2) is 0 Å². The van der Waals surface area contributed by atoms with Gasteiger partial charge in [0, 0.05) is 0 Å². The minimum absolute atomic E-state index is 0. The molecule has 1 rings (SSSR count). The van der Waals surface area contributed by atoms with Crippen LogP contribution in [0.3, 0.4) is 0 Å². The van der Waals surface area contributed by atoms with Crippen LogP contribution in [0.1, 0.15) is 39.0 Å². The maximum atomic E-state index is 2.36. The van der Waals surface area contributed by atoms with Gasteiger partial charge in [-0.3, -0.25) is 0 Å². The van der Waals surface area contributed by atoms with Crippen LogP contribution in [0.15, 0.2) is 0 Å². The van der Waals surface area contributed by atoms with Gasteiger partial charge in [0.1, 0.15) is 0 Å². The zero-order valence-corrected chi connectivity index (χ0v) is 7.78. The van der Waals surface area contributed by atoms with E-state index >= 15 is 0 Å². The molecule has 0 aromatic carbocycles.